The van der Waals surface area contributed by atoms with Gasteiger partial charge in [0.2, 0.25) is 5.91 Å². The number of esters is 1. The number of non-ortho nitro benzene ring substituents is 1. The molecule has 4 heterocycles. The molecule has 1 amide bonds. The number of amides is 1. The zero-order valence-electron chi connectivity index (χ0n) is 21.2. The number of likely N-dealkylation sites (N-methyl/N-ethyl adjacent to an activating group) is 1. The van der Waals surface area contributed by atoms with Gasteiger partial charge in [0.05, 0.1) is 23.0 Å². The van der Waals surface area contributed by atoms with Crippen molar-refractivity contribution in [2.24, 2.45) is 11.8 Å². The SMILES string of the molecule is C[C@@H](O)[C@H]1C(=O)N2C(C(=O)OCc3ccc([N+](=O)[O-])cc3)=C(Sc3csc(C4=CCN(C)CC4)n3)[C@H](C)[C@H]12. The van der Waals surface area contributed by atoms with Crippen molar-refractivity contribution in [3.05, 3.63) is 67.0 Å². The van der Waals surface area contributed by atoms with Crippen molar-refractivity contribution in [1.82, 2.24) is 14.8 Å². The summed E-state index contributed by atoms with van der Waals surface area (Å²) in [6.45, 7) is 5.30. The van der Waals surface area contributed by atoms with Gasteiger partial charge in [-0.05, 0) is 43.7 Å². The quantitative estimate of drug-likeness (QED) is 0.224. The number of thiazole rings is 1. The molecule has 0 bridgehead atoms. The molecule has 0 aliphatic carbocycles. The summed E-state index contributed by atoms with van der Waals surface area (Å²) in [5.74, 6) is -1.72. The van der Waals surface area contributed by atoms with E-state index in [0.717, 1.165) is 29.5 Å². The van der Waals surface area contributed by atoms with Crippen LogP contribution in [0.2, 0.25) is 0 Å². The molecule has 1 aromatic carbocycles. The number of benzene rings is 1. The van der Waals surface area contributed by atoms with E-state index in [9.17, 15) is 24.8 Å². The number of nitrogens with zero attached hydrogens (tertiary/aromatic N) is 4. The average molecular weight is 557 g/mol. The summed E-state index contributed by atoms with van der Waals surface area (Å²) >= 11 is 2.92. The molecule has 10 nitrogen and oxygen atoms in total. The van der Waals surface area contributed by atoms with Crippen molar-refractivity contribution in [1.29, 1.82) is 0 Å². The molecule has 5 rings (SSSR count). The number of hydrogen-bond acceptors (Lipinski definition) is 10. The number of rotatable bonds is 8. The second-order valence-electron chi connectivity index (χ2n) is 9.80. The molecule has 200 valence electrons. The Labute approximate surface area is 228 Å². The summed E-state index contributed by atoms with van der Waals surface area (Å²) in [5, 5.41) is 24.8. The van der Waals surface area contributed by atoms with E-state index in [-0.39, 0.29) is 35.9 Å². The second-order valence-corrected chi connectivity index (χ2v) is 11.7. The topological polar surface area (TPSA) is 126 Å². The Bertz CT molecular complexity index is 1340. The lowest BCUT2D eigenvalue weighted by Gasteiger charge is -2.46. The first-order valence-electron chi connectivity index (χ1n) is 12.3. The zero-order valence-corrected chi connectivity index (χ0v) is 22.8. The molecule has 38 heavy (non-hydrogen) atoms. The molecule has 1 fully saturated rings. The molecule has 1 N–H and O–H groups in total. The normalized spacial score (nSPS) is 24.1. The summed E-state index contributed by atoms with van der Waals surface area (Å²) in [6.07, 6.45) is 2.27. The maximum absolute atomic E-state index is 13.3. The van der Waals surface area contributed by atoms with Crippen LogP contribution in [0.25, 0.3) is 5.57 Å². The Hall–Kier alpha value is -3.06. The van der Waals surface area contributed by atoms with Crippen LogP contribution in [-0.4, -0.2) is 69.0 Å². The molecule has 3 aliphatic heterocycles. The molecule has 1 saturated heterocycles. The minimum absolute atomic E-state index is 0.0529. The van der Waals surface area contributed by atoms with Gasteiger partial charge in [-0.1, -0.05) is 24.8 Å². The number of aliphatic hydroxyl groups excluding tert-OH is 1. The standard InChI is InChI=1S/C26H28N4O6S2/c1-14-21-20(15(2)31)25(32)29(21)22(26(33)36-12-16-4-6-18(7-5-16)30(34)35)23(14)38-19-13-37-24(27-19)17-8-10-28(3)11-9-17/h4-8,13-15,20-21,31H,9-12H2,1-3H3/t14-,15-,20-,21-/m1/s1. The number of ether oxygens (including phenoxy) is 1. The molecule has 0 radical (unpaired) electrons. The number of fused-ring (bicyclic) bond motifs is 1. The molecule has 1 aromatic heterocycles. The lowest BCUT2D eigenvalue weighted by atomic mass is 9.79. The highest BCUT2D eigenvalue weighted by Crippen LogP contribution is 2.52. The Morgan fingerprint density at radius 2 is 2.11 bits per heavy atom. The van der Waals surface area contributed by atoms with Gasteiger partial charge < -0.3 is 19.6 Å². The van der Waals surface area contributed by atoms with Gasteiger partial charge in [-0.25, -0.2) is 9.78 Å². The zero-order chi connectivity index (χ0) is 27.1. The Kier molecular flexibility index (Phi) is 7.40. The third-order valence-electron chi connectivity index (χ3n) is 7.20. The summed E-state index contributed by atoms with van der Waals surface area (Å²) < 4.78 is 5.57. The maximum atomic E-state index is 13.3. The van der Waals surface area contributed by atoms with Gasteiger partial charge in [0.15, 0.2) is 0 Å². The Morgan fingerprint density at radius 1 is 1.37 bits per heavy atom. The van der Waals surface area contributed by atoms with Crippen LogP contribution in [-0.2, 0) is 20.9 Å². The van der Waals surface area contributed by atoms with Crippen molar-refractivity contribution >= 4 is 46.2 Å². The van der Waals surface area contributed by atoms with Crippen LogP contribution in [0.1, 0.15) is 30.8 Å². The monoisotopic (exact) mass is 556 g/mol. The minimum Gasteiger partial charge on any atom is -0.456 e. The van der Waals surface area contributed by atoms with Crippen molar-refractivity contribution in [3.8, 4) is 0 Å². The van der Waals surface area contributed by atoms with Crippen molar-refractivity contribution < 1.29 is 24.4 Å². The number of β-lactam (4-membered cyclic amide) rings is 1. The van der Waals surface area contributed by atoms with E-state index in [1.54, 1.807) is 18.3 Å². The number of carbonyl (C=O) groups is 2. The molecule has 0 unspecified atom stereocenters. The first kappa shape index (κ1) is 26.5. The van der Waals surface area contributed by atoms with Crippen LogP contribution in [0.3, 0.4) is 0 Å². The number of hydrogen-bond donors (Lipinski definition) is 1. The Balaban J connectivity index is 1.39. The van der Waals surface area contributed by atoms with E-state index >= 15 is 0 Å². The van der Waals surface area contributed by atoms with E-state index in [4.69, 9.17) is 9.72 Å². The van der Waals surface area contributed by atoms with Crippen LogP contribution >= 0.6 is 23.1 Å². The number of nitro benzene ring substituents is 1. The van der Waals surface area contributed by atoms with E-state index in [0.29, 0.717) is 10.5 Å². The Morgan fingerprint density at radius 3 is 2.74 bits per heavy atom. The summed E-state index contributed by atoms with van der Waals surface area (Å²) in [5.41, 5.74) is 1.94. The fourth-order valence-electron chi connectivity index (χ4n) is 5.11. The van der Waals surface area contributed by atoms with Gasteiger partial charge in [0, 0.05) is 41.4 Å². The summed E-state index contributed by atoms with van der Waals surface area (Å²) in [6, 6.07) is 5.43. The predicted molar refractivity (Wildman–Crippen MR) is 143 cm³/mol. The fourth-order valence-corrected chi connectivity index (χ4v) is 7.22. The van der Waals surface area contributed by atoms with Gasteiger partial charge in [0.1, 0.15) is 22.3 Å². The number of nitro groups is 1. The van der Waals surface area contributed by atoms with Gasteiger partial charge >= 0.3 is 5.97 Å². The molecule has 3 aliphatic rings. The summed E-state index contributed by atoms with van der Waals surface area (Å²) in [7, 11) is 2.08. The first-order chi connectivity index (χ1) is 18.2. The van der Waals surface area contributed by atoms with E-state index in [1.807, 2.05) is 12.3 Å². The highest BCUT2D eigenvalue weighted by molar-refractivity contribution is 8.03. The van der Waals surface area contributed by atoms with Crippen LogP contribution in [0.5, 0.6) is 0 Å². The van der Waals surface area contributed by atoms with Gasteiger partial charge in [-0.3, -0.25) is 14.9 Å². The molecule has 0 spiro atoms. The molecule has 4 atom stereocenters. The molecular weight excluding hydrogens is 528 g/mol. The average Bonchev–Trinajstić information content (AvgIpc) is 3.44. The van der Waals surface area contributed by atoms with Gasteiger partial charge in [0.25, 0.3) is 5.69 Å². The summed E-state index contributed by atoms with van der Waals surface area (Å²) in [4.78, 5) is 45.9. The molecule has 0 saturated carbocycles. The van der Waals surface area contributed by atoms with E-state index < -0.39 is 22.9 Å². The van der Waals surface area contributed by atoms with Crippen molar-refractivity contribution in [2.45, 2.75) is 44.0 Å². The fraction of sp³-hybridized carbons (Fsp3) is 0.423. The van der Waals surface area contributed by atoms with Gasteiger partial charge in [-0.15, -0.1) is 11.3 Å². The number of aromatic nitrogens is 1. The van der Waals surface area contributed by atoms with E-state index in [1.165, 1.54) is 46.5 Å². The van der Waals surface area contributed by atoms with Crippen LogP contribution in [0.15, 0.2) is 51.3 Å². The van der Waals surface area contributed by atoms with Crippen molar-refractivity contribution in [2.75, 3.05) is 20.1 Å². The van der Waals surface area contributed by atoms with Crippen LogP contribution in [0.4, 0.5) is 5.69 Å². The second kappa shape index (κ2) is 10.6. The largest absolute Gasteiger partial charge is 0.456 e. The lowest BCUT2D eigenvalue weighted by molar-refractivity contribution is -0.384. The van der Waals surface area contributed by atoms with Gasteiger partial charge in [-0.2, -0.15) is 0 Å². The minimum atomic E-state index is -0.838. The molecule has 12 heteroatoms. The van der Waals surface area contributed by atoms with Crippen molar-refractivity contribution in [3.63, 3.8) is 0 Å². The van der Waals surface area contributed by atoms with Crippen LogP contribution < -0.4 is 0 Å². The molecular formula is C26H28N4O6S2. The van der Waals surface area contributed by atoms with Crippen LogP contribution in [0, 0.1) is 22.0 Å². The third kappa shape index (κ3) is 4.89. The first-order valence-corrected chi connectivity index (χ1v) is 14.0. The number of aliphatic hydroxyl groups is 1. The number of carbonyl (C=O) groups excluding carboxylic acids is 2. The third-order valence-corrected chi connectivity index (χ3v) is 9.47. The predicted octanol–water partition coefficient (Wildman–Crippen LogP) is 3.67. The van der Waals surface area contributed by atoms with E-state index in [2.05, 4.69) is 18.0 Å². The number of thioether (sulfide) groups is 1. The highest BCUT2D eigenvalue weighted by Gasteiger charge is 2.60. The maximum Gasteiger partial charge on any atom is 0.356 e. The smallest absolute Gasteiger partial charge is 0.356 e. The molecule has 2 aromatic rings. The lowest BCUT2D eigenvalue weighted by Crippen LogP contribution is -2.63. The highest BCUT2D eigenvalue weighted by atomic mass is 32.2.